The summed E-state index contributed by atoms with van der Waals surface area (Å²) in [6.07, 6.45) is 41.8. The number of rotatable bonds is 14. The highest BCUT2D eigenvalue weighted by Gasteiger charge is 2.18. The van der Waals surface area contributed by atoms with E-state index in [-0.39, 0.29) is 6.17 Å². The lowest BCUT2D eigenvalue weighted by molar-refractivity contribution is 0.272. The minimum Gasteiger partial charge on any atom is -0.353 e. The van der Waals surface area contributed by atoms with E-state index in [1.807, 2.05) is 18.2 Å². The molecule has 0 spiro atoms. The third kappa shape index (κ3) is 9.44. The summed E-state index contributed by atoms with van der Waals surface area (Å²) in [7, 11) is 0. The molecule has 0 unspecified atom stereocenters. The molecule has 0 bridgehead atoms. The van der Waals surface area contributed by atoms with Crippen LogP contribution in [0.4, 0.5) is 0 Å². The summed E-state index contributed by atoms with van der Waals surface area (Å²) >= 11 is 0. The molecule has 0 fully saturated rings. The number of hydrogen-bond acceptors (Lipinski definition) is 3. The molecule has 0 aromatic carbocycles. The maximum atomic E-state index is 6.01. The summed E-state index contributed by atoms with van der Waals surface area (Å²) in [5.41, 5.74) is 4.32. The Morgan fingerprint density at radius 1 is 1.19 bits per heavy atom. The molecule has 1 atom stereocenters. The van der Waals surface area contributed by atoms with Gasteiger partial charge >= 0.3 is 0 Å². The highest BCUT2D eigenvalue weighted by atomic mass is 15.3. The smallest absolute Gasteiger partial charge is 0.0987 e. The van der Waals surface area contributed by atoms with E-state index >= 15 is 0 Å². The fourth-order valence-corrected chi connectivity index (χ4v) is 4.27. The van der Waals surface area contributed by atoms with Gasteiger partial charge in [-0.05, 0) is 57.3 Å². The summed E-state index contributed by atoms with van der Waals surface area (Å²) < 4.78 is 0. The molecule has 2 rings (SSSR count). The van der Waals surface area contributed by atoms with Crippen LogP contribution in [-0.2, 0) is 0 Å². The Hall–Kier alpha value is -3.22. The van der Waals surface area contributed by atoms with Crippen LogP contribution in [0, 0.1) is 12.3 Å². The molecule has 192 valence electrons. The minimum atomic E-state index is 0.213. The first-order valence-electron chi connectivity index (χ1n) is 13.5. The fourth-order valence-electron chi connectivity index (χ4n) is 4.27. The Bertz CT molecular complexity index is 975. The average Bonchev–Trinajstić information content (AvgIpc) is 2.91. The maximum absolute atomic E-state index is 6.01. The molecular weight excluding hydrogens is 438 g/mol. The molecule has 0 aromatic heterocycles. The Morgan fingerprint density at radius 3 is 2.69 bits per heavy atom. The van der Waals surface area contributed by atoms with Crippen LogP contribution < -0.4 is 5.32 Å². The van der Waals surface area contributed by atoms with Gasteiger partial charge in [-0.3, -0.25) is 5.32 Å². The van der Waals surface area contributed by atoms with Crippen LogP contribution in [0.2, 0.25) is 0 Å². The Morgan fingerprint density at radius 2 is 2.06 bits per heavy atom. The molecule has 3 nitrogen and oxygen atoms in total. The van der Waals surface area contributed by atoms with Gasteiger partial charge in [0.25, 0.3) is 0 Å². The molecular formula is C33H45N3. The number of hydrogen-bond donors (Lipinski definition) is 1. The van der Waals surface area contributed by atoms with Crippen LogP contribution in [0.25, 0.3) is 0 Å². The lowest BCUT2D eigenvalue weighted by Crippen LogP contribution is -2.45. The van der Waals surface area contributed by atoms with Gasteiger partial charge in [0.2, 0.25) is 0 Å². The molecule has 2 aliphatic rings. The summed E-state index contributed by atoms with van der Waals surface area (Å²) in [6.45, 7) is 12.2. The van der Waals surface area contributed by atoms with Crippen LogP contribution >= 0.6 is 0 Å². The molecule has 1 aliphatic carbocycles. The van der Waals surface area contributed by atoms with Crippen molar-refractivity contribution in [1.82, 2.24) is 15.1 Å². The van der Waals surface area contributed by atoms with Gasteiger partial charge in [-0.1, -0.05) is 99.9 Å². The normalized spacial score (nSPS) is 19.0. The predicted octanol–water partition coefficient (Wildman–Crippen LogP) is 7.90. The maximum Gasteiger partial charge on any atom is 0.0987 e. The average molecular weight is 484 g/mol. The monoisotopic (exact) mass is 483 g/mol. The van der Waals surface area contributed by atoms with Crippen molar-refractivity contribution in [3.63, 3.8) is 0 Å². The van der Waals surface area contributed by atoms with E-state index < -0.39 is 0 Å². The lowest BCUT2D eigenvalue weighted by atomic mass is 10.1. The van der Waals surface area contributed by atoms with E-state index in [0.29, 0.717) is 0 Å². The first-order valence-corrected chi connectivity index (χ1v) is 13.5. The van der Waals surface area contributed by atoms with Crippen LogP contribution in [0.5, 0.6) is 0 Å². The third-order valence-electron chi connectivity index (χ3n) is 6.15. The molecule has 1 heterocycles. The highest BCUT2D eigenvalue weighted by molar-refractivity contribution is 5.43. The van der Waals surface area contributed by atoms with Crippen LogP contribution in [0.15, 0.2) is 108 Å². The first kappa shape index (κ1) is 29.0. The van der Waals surface area contributed by atoms with Crippen molar-refractivity contribution in [2.24, 2.45) is 0 Å². The largest absolute Gasteiger partial charge is 0.353 e. The number of unbranched alkanes of at least 4 members (excludes halogenated alkanes) is 2. The standard InChI is InChI=1S/C33H45N3/c1-6-10-13-21-29(5)35(33-26-17-18-27-34-33)28-19-25-31(20-8-3)36(32-23-15-12-16-24-32)30(9-4)22-14-11-7-2/h4,7,11,14-15,17,19-26,33-34H,2,6,8,10,12-13,16,18,27-28H2,1,3,5H3/b14-11-,25-19-,29-21+,30-22+,31-20+/t33-/m0/s1. The van der Waals surface area contributed by atoms with Gasteiger partial charge in [0, 0.05) is 30.2 Å². The van der Waals surface area contributed by atoms with Crippen LogP contribution in [0.3, 0.4) is 0 Å². The molecule has 0 radical (unpaired) electrons. The van der Waals surface area contributed by atoms with Gasteiger partial charge in [-0.2, -0.15) is 0 Å². The van der Waals surface area contributed by atoms with E-state index in [2.05, 4.69) is 103 Å². The van der Waals surface area contributed by atoms with Gasteiger partial charge in [0.1, 0.15) is 0 Å². The number of allylic oxidation sites excluding steroid dienone is 12. The van der Waals surface area contributed by atoms with Crippen molar-refractivity contribution >= 4 is 0 Å². The summed E-state index contributed by atoms with van der Waals surface area (Å²) in [5.74, 6) is 2.91. The fraction of sp³-hybridized carbons (Fsp3) is 0.394. The van der Waals surface area contributed by atoms with E-state index in [0.717, 1.165) is 62.3 Å². The molecule has 1 aliphatic heterocycles. The summed E-state index contributed by atoms with van der Waals surface area (Å²) in [6, 6.07) is 0. The molecule has 0 aromatic rings. The second-order valence-corrected chi connectivity index (χ2v) is 8.96. The highest BCUT2D eigenvalue weighted by Crippen LogP contribution is 2.26. The molecule has 1 N–H and O–H groups in total. The predicted molar refractivity (Wildman–Crippen MR) is 158 cm³/mol. The van der Waals surface area contributed by atoms with Crippen molar-refractivity contribution in [2.45, 2.75) is 71.9 Å². The van der Waals surface area contributed by atoms with E-state index in [1.165, 1.54) is 18.5 Å². The zero-order chi connectivity index (χ0) is 26.0. The molecule has 36 heavy (non-hydrogen) atoms. The van der Waals surface area contributed by atoms with Gasteiger partial charge < -0.3 is 9.80 Å². The summed E-state index contributed by atoms with van der Waals surface area (Å²) in [4.78, 5) is 4.64. The van der Waals surface area contributed by atoms with Gasteiger partial charge in [-0.25, -0.2) is 0 Å². The topological polar surface area (TPSA) is 18.5 Å². The third-order valence-corrected chi connectivity index (χ3v) is 6.15. The minimum absolute atomic E-state index is 0.213. The van der Waals surface area contributed by atoms with Gasteiger partial charge in [0.05, 0.1) is 11.9 Å². The van der Waals surface area contributed by atoms with Crippen LogP contribution in [-0.4, -0.2) is 29.1 Å². The number of nitrogens with zero attached hydrogens (tertiary/aromatic N) is 2. The Labute approximate surface area is 220 Å². The van der Waals surface area contributed by atoms with Gasteiger partial charge in [-0.15, -0.1) is 6.42 Å². The van der Waals surface area contributed by atoms with E-state index in [9.17, 15) is 0 Å². The van der Waals surface area contributed by atoms with E-state index in [4.69, 9.17) is 6.42 Å². The molecule has 0 amide bonds. The molecule has 0 saturated carbocycles. The van der Waals surface area contributed by atoms with Crippen molar-refractivity contribution in [3.05, 3.63) is 108 Å². The quantitative estimate of drug-likeness (QED) is 0.117. The first-order chi connectivity index (χ1) is 17.7. The van der Waals surface area contributed by atoms with Crippen molar-refractivity contribution in [3.8, 4) is 12.3 Å². The number of nitrogens with one attached hydrogen (secondary N) is 1. The second kappa shape index (κ2) is 17.2. The Balaban J connectivity index is 2.37. The van der Waals surface area contributed by atoms with Crippen molar-refractivity contribution in [1.29, 1.82) is 0 Å². The SMILES string of the molecule is C#C/C(=C\C=C/C=C)N(C1=CCCC=C1)C(/C=C\CN(/C(C)=C/CCCC)[C@H]1C=CCCN1)=C/CC. The zero-order valence-electron chi connectivity index (χ0n) is 22.6. The van der Waals surface area contributed by atoms with E-state index in [1.54, 1.807) is 6.08 Å². The lowest BCUT2D eigenvalue weighted by Gasteiger charge is -2.34. The summed E-state index contributed by atoms with van der Waals surface area (Å²) in [5, 5.41) is 3.65. The number of terminal acetylenes is 1. The Kier molecular flexibility index (Phi) is 13.9. The van der Waals surface area contributed by atoms with Gasteiger partial charge in [0.15, 0.2) is 0 Å². The second-order valence-electron chi connectivity index (χ2n) is 8.96. The molecule has 0 saturated heterocycles. The van der Waals surface area contributed by atoms with Crippen molar-refractivity contribution in [2.75, 3.05) is 13.1 Å². The van der Waals surface area contributed by atoms with Crippen LogP contribution in [0.1, 0.15) is 65.7 Å². The molecule has 3 heteroatoms. The van der Waals surface area contributed by atoms with Crippen molar-refractivity contribution < 1.29 is 0 Å². The zero-order valence-corrected chi connectivity index (χ0v) is 22.6.